The summed E-state index contributed by atoms with van der Waals surface area (Å²) in [5.41, 5.74) is 6.02. The highest BCUT2D eigenvalue weighted by molar-refractivity contribution is 6.32. The van der Waals surface area contributed by atoms with Crippen LogP contribution in [-0.2, 0) is 6.54 Å². The molecule has 0 spiro atoms. The number of hydrogen-bond acceptors (Lipinski definition) is 3. The zero-order chi connectivity index (χ0) is 21.8. The molecule has 0 radical (unpaired) electrons. The minimum absolute atomic E-state index is 0.352. The lowest BCUT2D eigenvalue weighted by atomic mass is 10.2. The molecule has 0 atom stereocenters. The number of carbonyl (C=O) groups excluding carboxylic acids is 1. The van der Waals surface area contributed by atoms with E-state index < -0.39 is 0 Å². The molecule has 6 nitrogen and oxygen atoms in total. The quantitative estimate of drug-likeness (QED) is 0.554. The van der Waals surface area contributed by atoms with Crippen LogP contribution in [0.4, 0.5) is 10.5 Å². The molecule has 0 aliphatic carbocycles. The molecule has 0 saturated carbocycles. The second-order valence-corrected chi connectivity index (χ2v) is 7.47. The van der Waals surface area contributed by atoms with Gasteiger partial charge in [-0.15, -0.1) is 0 Å². The lowest BCUT2D eigenvalue weighted by molar-refractivity contribution is 0.251. The van der Waals surface area contributed by atoms with E-state index in [2.05, 4.69) is 59.4 Å². The van der Waals surface area contributed by atoms with Gasteiger partial charge in [0.25, 0.3) is 0 Å². The van der Waals surface area contributed by atoms with Gasteiger partial charge < -0.3 is 24.7 Å². The number of methoxy groups -OCH3 is 2. The van der Waals surface area contributed by atoms with Crippen molar-refractivity contribution in [3.8, 4) is 17.2 Å². The summed E-state index contributed by atoms with van der Waals surface area (Å²) in [5.74, 6) is 0.937. The Morgan fingerprint density at radius 2 is 1.67 bits per heavy atom. The summed E-state index contributed by atoms with van der Waals surface area (Å²) >= 11 is 6.17. The van der Waals surface area contributed by atoms with Crippen molar-refractivity contribution >= 4 is 23.3 Å². The molecule has 2 amide bonds. The summed E-state index contributed by atoms with van der Waals surface area (Å²) in [6.45, 7) is 6.57. The molecule has 2 aromatic carbocycles. The fourth-order valence-corrected chi connectivity index (χ4v) is 3.64. The maximum atomic E-state index is 12.5. The van der Waals surface area contributed by atoms with Gasteiger partial charge in [0.15, 0.2) is 0 Å². The minimum Gasteiger partial charge on any atom is -0.495 e. The summed E-state index contributed by atoms with van der Waals surface area (Å²) in [6.07, 6.45) is 0. The van der Waals surface area contributed by atoms with E-state index in [-0.39, 0.29) is 6.03 Å². The lowest BCUT2D eigenvalue weighted by Gasteiger charge is -2.14. The number of nitrogens with one attached hydrogen (secondary N) is 2. The van der Waals surface area contributed by atoms with E-state index in [4.69, 9.17) is 21.1 Å². The minimum atomic E-state index is -0.352. The molecule has 1 heterocycles. The average molecular weight is 428 g/mol. The molecule has 0 aliphatic heterocycles. The molecule has 1 aromatic heterocycles. The maximum absolute atomic E-state index is 12.5. The number of anilines is 1. The van der Waals surface area contributed by atoms with Crippen LogP contribution in [-0.4, -0.2) is 24.8 Å². The number of aryl methyl sites for hydroxylation is 2. The van der Waals surface area contributed by atoms with Crippen molar-refractivity contribution in [1.82, 2.24) is 9.88 Å². The fraction of sp³-hybridized carbons (Fsp3) is 0.261. The zero-order valence-corrected chi connectivity index (χ0v) is 18.6. The van der Waals surface area contributed by atoms with Gasteiger partial charge in [-0.2, -0.15) is 0 Å². The first kappa shape index (κ1) is 21.6. The van der Waals surface area contributed by atoms with Crippen molar-refractivity contribution in [2.24, 2.45) is 0 Å². The topological polar surface area (TPSA) is 64.5 Å². The van der Waals surface area contributed by atoms with Gasteiger partial charge in [0.05, 0.1) is 24.9 Å². The Kier molecular flexibility index (Phi) is 6.57. The number of ether oxygens (including phenoxy) is 2. The Hall–Kier alpha value is -3.12. The molecule has 0 saturated heterocycles. The molecule has 7 heteroatoms. The Morgan fingerprint density at radius 3 is 2.30 bits per heavy atom. The van der Waals surface area contributed by atoms with Crippen LogP contribution in [0.5, 0.6) is 11.5 Å². The standard InChI is InChI=1S/C23H26ClN3O3/c1-14-6-8-18(9-7-14)27-15(2)10-17(16(27)3)13-25-23(28)26-20-11-19(24)21(29-4)12-22(20)30-5/h6-12H,13H2,1-5H3,(H2,25,26,28). The van der Waals surface area contributed by atoms with Gasteiger partial charge in [-0.3, -0.25) is 0 Å². The Bertz CT molecular complexity index is 1060. The molecule has 3 rings (SSSR count). The largest absolute Gasteiger partial charge is 0.495 e. The summed E-state index contributed by atoms with van der Waals surface area (Å²) in [7, 11) is 3.04. The van der Waals surface area contributed by atoms with E-state index in [1.54, 1.807) is 12.1 Å². The van der Waals surface area contributed by atoms with Crippen LogP contribution in [0.2, 0.25) is 5.02 Å². The Labute approximate surface area is 181 Å². The molecule has 3 aromatic rings. The van der Waals surface area contributed by atoms with Gasteiger partial charge in [0, 0.05) is 29.7 Å². The predicted octanol–water partition coefficient (Wildman–Crippen LogP) is 5.39. The normalized spacial score (nSPS) is 10.6. The number of halogens is 1. The van der Waals surface area contributed by atoms with Crippen LogP contribution in [0.1, 0.15) is 22.5 Å². The summed E-state index contributed by atoms with van der Waals surface area (Å²) in [4.78, 5) is 12.5. The van der Waals surface area contributed by atoms with Gasteiger partial charge in [0.2, 0.25) is 0 Å². The van der Waals surface area contributed by atoms with Crippen LogP contribution in [0.15, 0.2) is 42.5 Å². The molecule has 2 N–H and O–H groups in total. The first-order chi connectivity index (χ1) is 14.3. The monoisotopic (exact) mass is 427 g/mol. The number of carbonyl (C=O) groups is 1. The van der Waals surface area contributed by atoms with Crippen LogP contribution in [0.3, 0.4) is 0 Å². The Morgan fingerprint density at radius 1 is 1.00 bits per heavy atom. The van der Waals surface area contributed by atoms with Crippen molar-refractivity contribution in [1.29, 1.82) is 0 Å². The van der Waals surface area contributed by atoms with E-state index in [1.165, 1.54) is 19.8 Å². The van der Waals surface area contributed by atoms with Crippen molar-refractivity contribution in [3.05, 3.63) is 70.0 Å². The van der Waals surface area contributed by atoms with E-state index in [1.807, 2.05) is 6.92 Å². The van der Waals surface area contributed by atoms with Crippen molar-refractivity contribution in [2.45, 2.75) is 27.3 Å². The lowest BCUT2D eigenvalue weighted by Crippen LogP contribution is -2.28. The molecule has 158 valence electrons. The van der Waals surface area contributed by atoms with Crippen molar-refractivity contribution < 1.29 is 14.3 Å². The van der Waals surface area contributed by atoms with Gasteiger partial charge in [-0.1, -0.05) is 29.3 Å². The number of hydrogen-bond donors (Lipinski definition) is 2. The van der Waals surface area contributed by atoms with Crippen LogP contribution in [0, 0.1) is 20.8 Å². The predicted molar refractivity (Wildman–Crippen MR) is 120 cm³/mol. The molecule has 0 aliphatic rings. The van der Waals surface area contributed by atoms with Crippen LogP contribution >= 0.6 is 11.6 Å². The van der Waals surface area contributed by atoms with Gasteiger partial charge in [0.1, 0.15) is 11.5 Å². The maximum Gasteiger partial charge on any atom is 0.319 e. The second kappa shape index (κ2) is 9.13. The molecule has 0 unspecified atom stereocenters. The average Bonchev–Trinajstić information content (AvgIpc) is 3.00. The van der Waals surface area contributed by atoms with E-state index in [0.717, 1.165) is 22.6 Å². The van der Waals surface area contributed by atoms with Gasteiger partial charge >= 0.3 is 6.03 Å². The molecule has 0 bridgehead atoms. The zero-order valence-electron chi connectivity index (χ0n) is 17.8. The summed E-state index contributed by atoms with van der Waals surface area (Å²) in [5, 5.41) is 6.06. The van der Waals surface area contributed by atoms with E-state index in [0.29, 0.717) is 28.8 Å². The van der Waals surface area contributed by atoms with Crippen molar-refractivity contribution in [2.75, 3.05) is 19.5 Å². The SMILES string of the molecule is COc1cc(OC)c(NC(=O)NCc2cc(C)n(-c3ccc(C)cc3)c2C)cc1Cl. The van der Waals surface area contributed by atoms with Crippen LogP contribution in [0.25, 0.3) is 5.69 Å². The first-order valence-corrected chi connectivity index (χ1v) is 9.93. The third-order valence-corrected chi connectivity index (χ3v) is 5.29. The third kappa shape index (κ3) is 4.54. The molecule has 0 fully saturated rings. The van der Waals surface area contributed by atoms with E-state index >= 15 is 0 Å². The molecular weight excluding hydrogens is 402 g/mol. The fourth-order valence-electron chi connectivity index (χ4n) is 3.40. The number of benzene rings is 2. The summed E-state index contributed by atoms with van der Waals surface area (Å²) in [6, 6.07) is 13.3. The number of nitrogens with zero attached hydrogens (tertiary/aromatic N) is 1. The first-order valence-electron chi connectivity index (χ1n) is 9.55. The smallest absolute Gasteiger partial charge is 0.319 e. The Balaban J connectivity index is 1.72. The number of amides is 2. The number of aromatic nitrogens is 1. The molecular formula is C23H26ClN3O3. The highest BCUT2D eigenvalue weighted by atomic mass is 35.5. The van der Waals surface area contributed by atoms with Gasteiger partial charge in [-0.25, -0.2) is 4.79 Å². The summed E-state index contributed by atoms with van der Waals surface area (Å²) < 4.78 is 12.7. The van der Waals surface area contributed by atoms with Crippen molar-refractivity contribution in [3.63, 3.8) is 0 Å². The highest BCUT2D eigenvalue weighted by Crippen LogP contribution is 2.35. The third-order valence-electron chi connectivity index (χ3n) is 4.99. The van der Waals surface area contributed by atoms with Gasteiger partial charge in [-0.05, 0) is 50.6 Å². The molecule has 30 heavy (non-hydrogen) atoms. The van der Waals surface area contributed by atoms with Crippen LogP contribution < -0.4 is 20.1 Å². The highest BCUT2D eigenvalue weighted by Gasteiger charge is 2.14. The van der Waals surface area contributed by atoms with E-state index in [9.17, 15) is 4.79 Å². The number of urea groups is 1. The number of rotatable bonds is 6. The second-order valence-electron chi connectivity index (χ2n) is 7.06.